The lowest BCUT2D eigenvalue weighted by molar-refractivity contribution is -0.307. The van der Waals surface area contributed by atoms with Gasteiger partial charge in [-0.2, -0.15) is 0 Å². The normalized spacial score (nSPS) is 13.5. The number of hydrogen-bond acceptors (Lipinski definition) is 4. The Morgan fingerprint density at radius 2 is 2.27 bits per heavy atom. The summed E-state index contributed by atoms with van der Waals surface area (Å²) in [6.07, 6.45) is -1.10. The van der Waals surface area contributed by atoms with E-state index in [0.717, 1.165) is 6.54 Å². The molecule has 0 saturated carbocycles. The van der Waals surface area contributed by atoms with Crippen molar-refractivity contribution in [2.75, 3.05) is 20.1 Å². The third kappa shape index (κ3) is 5.82. The summed E-state index contributed by atoms with van der Waals surface area (Å²) in [7, 11) is 1.82. The average molecular weight is 160 g/mol. The first-order valence-corrected chi connectivity index (χ1v) is 3.62. The zero-order valence-corrected chi connectivity index (χ0v) is 6.91. The van der Waals surface area contributed by atoms with Gasteiger partial charge in [0.05, 0.1) is 6.10 Å². The molecule has 0 aromatic carbocycles. The van der Waals surface area contributed by atoms with Gasteiger partial charge in [-0.1, -0.05) is 6.92 Å². The number of rotatable bonds is 5. The molecule has 0 heterocycles. The van der Waals surface area contributed by atoms with Crippen molar-refractivity contribution in [2.24, 2.45) is 0 Å². The van der Waals surface area contributed by atoms with Gasteiger partial charge in [0.1, 0.15) is 0 Å². The topological polar surface area (TPSA) is 63.6 Å². The van der Waals surface area contributed by atoms with E-state index in [0.29, 0.717) is 6.54 Å². The van der Waals surface area contributed by atoms with Crippen LogP contribution in [-0.4, -0.2) is 42.2 Å². The van der Waals surface area contributed by atoms with E-state index in [1.54, 1.807) is 0 Å². The van der Waals surface area contributed by atoms with Crippen LogP contribution in [0.3, 0.4) is 0 Å². The molecule has 4 nitrogen and oxygen atoms in total. The van der Waals surface area contributed by atoms with Gasteiger partial charge in [0.2, 0.25) is 0 Å². The van der Waals surface area contributed by atoms with Crippen LogP contribution in [0.2, 0.25) is 0 Å². The van der Waals surface area contributed by atoms with Crippen LogP contribution < -0.4 is 5.11 Å². The van der Waals surface area contributed by atoms with Crippen LogP contribution in [0, 0.1) is 0 Å². The van der Waals surface area contributed by atoms with Crippen molar-refractivity contribution in [1.82, 2.24) is 4.90 Å². The first-order chi connectivity index (χ1) is 5.06. The van der Waals surface area contributed by atoms with Crippen LogP contribution >= 0.6 is 0 Å². The van der Waals surface area contributed by atoms with Gasteiger partial charge in [-0.05, 0) is 13.6 Å². The molecule has 0 spiro atoms. The van der Waals surface area contributed by atoms with E-state index in [1.165, 1.54) is 0 Å². The molecule has 0 bridgehead atoms. The predicted octanol–water partition coefficient (Wildman–Crippen LogP) is -1.56. The predicted molar refractivity (Wildman–Crippen MR) is 38.8 cm³/mol. The van der Waals surface area contributed by atoms with Gasteiger partial charge in [-0.3, -0.25) is 0 Å². The van der Waals surface area contributed by atoms with E-state index in [-0.39, 0.29) is 6.42 Å². The van der Waals surface area contributed by atoms with Gasteiger partial charge in [0.25, 0.3) is 0 Å². The second-order valence-electron chi connectivity index (χ2n) is 2.58. The minimum Gasteiger partial charge on any atom is -0.550 e. The van der Waals surface area contributed by atoms with Crippen molar-refractivity contribution < 1.29 is 15.0 Å². The average Bonchev–Trinajstić information content (AvgIpc) is 1.85. The fourth-order valence-corrected chi connectivity index (χ4v) is 0.746. The summed E-state index contributed by atoms with van der Waals surface area (Å²) in [5.74, 6) is -1.21. The molecule has 0 fully saturated rings. The fraction of sp³-hybridized carbons (Fsp3) is 0.857. The van der Waals surface area contributed by atoms with Gasteiger partial charge in [0, 0.05) is 18.9 Å². The van der Waals surface area contributed by atoms with E-state index in [9.17, 15) is 9.90 Å². The summed E-state index contributed by atoms with van der Waals surface area (Å²) in [5, 5.41) is 19.0. The molecule has 1 N–H and O–H groups in total. The highest BCUT2D eigenvalue weighted by molar-refractivity contribution is 5.64. The summed E-state index contributed by atoms with van der Waals surface area (Å²) in [4.78, 5) is 11.8. The van der Waals surface area contributed by atoms with Gasteiger partial charge >= 0.3 is 0 Å². The van der Waals surface area contributed by atoms with Crippen molar-refractivity contribution in [2.45, 2.75) is 19.4 Å². The smallest absolute Gasteiger partial charge is 0.0719 e. The molecule has 0 rings (SSSR count). The Morgan fingerprint density at radius 1 is 1.73 bits per heavy atom. The summed E-state index contributed by atoms with van der Waals surface area (Å²) in [6.45, 7) is 3.11. The Balaban J connectivity index is 3.51. The maximum absolute atomic E-state index is 9.99. The number of carboxylic acids is 1. The number of carboxylic acid groups (broad SMARTS) is 1. The highest BCUT2D eigenvalue weighted by atomic mass is 16.4. The molecule has 0 aromatic heterocycles. The maximum Gasteiger partial charge on any atom is 0.0719 e. The number of aliphatic hydroxyl groups is 1. The minimum absolute atomic E-state index is 0.287. The summed E-state index contributed by atoms with van der Waals surface area (Å²) in [5.41, 5.74) is 0. The highest BCUT2D eigenvalue weighted by Gasteiger charge is 2.06. The molecule has 4 heteroatoms. The standard InChI is InChI=1S/C7H15NO3/c1-3-8(2)5-6(9)4-7(10)11/h6,9H,3-5H2,1-2H3,(H,10,11)/p-1. The van der Waals surface area contributed by atoms with Crippen molar-refractivity contribution in [3.05, 3.63) is 0 Å². The van der Waals surface area contributed by atoms with Crippen LogP contribution in [0.4, 0.5) is 0 Å². The second kappa shape index (κ2) is 5.09. The number of aliphatic hydroxyl groups excluding tert-OH is 1. The summed E-state index contributed by atoms with van der Waals surface area (Å²) < 4.78 is 0. The molecule has 0 aliphatic carbocycles. The lowest BCUT2D eigenvalue weighted by Gasteiger charge is -2.18. The fourth-order valence-electron chi connectivity index (χ4n) is 0.746. The Labute approximate surface area is 66.4 Å². The zero-order valence-electron chi connectivity index (χ0n) is 6.91. The van der Waals surface area contributed by atoms with Crippen molar-refractivity contribution >= 4 is 5.97 Å². The van der Waals surface area contributed by atoms with Crippen LogP contribution in [0.1, 0.15) is 13.3 Å². The van der Waals surface area contributed by atoms with Crippen LogP contribution in [0.25, 0.3) is 0 Å². The molecule has 11 heavy (non-hydrogen) atoms. The van der Waals surface area contributed by atoms with Gasteiger partial charge < -0.3 is 19.9 Å². The van der Waals surface area contributed by atoms with E-state index >= 15 is 0 Å². The first-order valence-electron chi connectivity index (χ1n) is 3.62. The Morgan fingerprint density at radius 3 is 2.64 bits per heavy atom. The van der Waals surface area contributed by atoms with Crippen molar-refractivity contribution in [3.8, 4) is 0 Å². The molecule has 0 amide bonds. The van der Waals surface area contributed by atoms with E-state index in [1.807, 2.05) is 18.9 Å². The number of carbonyl (C=O) groups is 1. The number of nitrogens with zero attached hydrogens (tertiary/aromatic N) is 1. The number of hydrogen-bond donors (Lipinski definition) is 1. The van der Waals surface area contributed by atoms with Crippen molar-refractivity contribution in [1.29, 1.82) is 0 Å². The summed E-state index contributed by atoms with van der Waals surface area (Å²) in [6, 6.07) is 0. The number of carbonyl (C=O) groups excluding carboxylic acids is 1. The Kier molecular flexibility index (Phi) is 4.81. The summed E-state index contributed by atoms with van der Waals surface area (Å²) >= 11 is 0. The monoisotopic (exact) mass is 160 g/mol. The third-order valence-corrected chi connectivity index (χ3v) is 1.46. The van der Waals surface area contributed by atoms with E-state index in [4.69, 9.17) is 5.11 Å². The van der Waals surface area contributed by atoms with Crippen LogP contribution in [0.5, 0.6) is 0 Å². The van der Waals surface area contributed by atoms with E-state index in [2.05, 4.69) is 0 Å². The molecular weight excluding hydrogens is 146 g/mol. The molecule has 1 unspecified atom stereocenters. The minimum atomic E-state index is -1.21. The third-order valence-electron chi connectivity index (χ3n) is 1.46. The molecule has 0 aliphatic rings. The Bertz CT molecular complexity index is 127. The van der Waals surface area contributed by atoms with Crippen molar-refractivity contribution in [3.63, 3.8) is 0 Å². The van der Waals surface area contributed by atoms with Gasteiger partial charge in [-0.25, -0.2) is 0 Å². The molecule has 66 valence electrons. The SMILES string of the molecule is CCN(C)CC(O)CC(=O)[O-]. The zero-order chi connectivity index (χ0) is 8.85. The lowest BCUT2D eigenvalue weighted by atomic mass is 10.2. The molecule has 0 saturated heterocycles. The molecule has 1 atom stereocenters. The lowest BCUT2D eigenvalue weighted by Crippen LogP contribution is -2.34. The Hall–Kier alpha value is -0.610. The van der Waals surface area contributed by atoms with Gasteiger partial charge in [-0.15, -0.1) is 0 Å². The quantitative estimate of drug-likeness (QED) is 0.528. The maximum atomic E-state index is 9.99. The highest BCUT2D eigenvalue weighted by Crippen LogP contribution is 1.92. The van der Waals surface area contributed by atoms with Crippen LogP contribution in [0.15, 0.2) is 0 Å². The van der Waals surface area contributed by atoms with E-state index < -0.39 is 12.1 Å². The second-order valence-corrected chi connectivity index (χ2v) is 2.58. The number of aliphatic carboxylic acids is 1. The molecule has 0 aromatic rings. The molecule has 0 radical (unpaired) electrons. The first kappa shape index (κ1) is 10.4. The number of likely N-dealkylation sites (N-methyl/N-ethyl adjacent to an activating group) is 1. The molecule has 0 aliphatic heterocycles. The van der Waals surface area contributed by atoms with Crippen LogP contribution in [-0.2, 0) is 4.79 Å². The largest absolute Gasteiger partial charge is 0.550 e. The van der Waals surface area contributed by atoms with Gasteiger partial charge in [0.15, 0.2) is 0 Å². The molecular formula is C7H14NO3-.